The van der Waals surface area contributed by atoms with Crippen LogP contribution in [0.25, 0.3) is 0 Å². The monoisotopic (exact) mass is 275 g/mol. The number of anilines is 2. The molecule has 0 spiro atoms. The van der Waals surface area contributed by atoms with Gasteiger partial charge in [0, 0.05) is 23.4 Å². The third-order valence-corrected chi connectivity index (χ3v) is 3.66. The molecule has 0 unspecified atom stereocenters. The Morgan fingerprint density at radius 2 is 1.84 bits per heavy atom. The fraction of sp³-hybridized carbons (Fsp3) is 0.250. The fourth-order valence-electron chi connectivity index (χ4n) is 2.19. The summed E-state index contributed by atoms with van der Waals surface area (Å²) in [4.78, 5) is 2.10. The third kappa shape index (κ3) is 2.91. The molecular weight excluding hydrogens is 258 g/mol. The molecule has 0 fully saturated rings. The van der Waals surface area contributed by atoms with Crippen LogP contribution in [-0.2, 0) is 6.61 Å². The van der Waals surface area contributed by atoms with E-state index in [9.17, 15) is 0 Å². The molecule has 2 aromatic carbocycles. The minimum absolute atomic E-state index is 0.0353. The number of benzene rings is 2. The molecule has 0 amide bonds. The van der Waals surface area contributed by atoms with E-state index in [0.717, 1.165) is 16.9 Å². The molecule has 0 aliphatic rings. The summed E-state index contributed by atoms with van der Waals surface area (Å²) in [6, 6.07) is 12.1. The lowest BCUT2D eigenvalue weighted by molar-refractivity contribution is 0.282. The van der Waals surface area contributed by atoms with Crippen molar-refractivity contribution in [3.8, 4) is 0 Å². The van der Waals surface area contributed by atoms with Crippen molar-refractivity contribution < 1.29 is 5.11 Å². The number of aliphatic hydroxyl groups is 1. The first-order valence-electron chi connectivity index (χ1n) is 6.23. The molecular formula is C16H18ClNO. The Morgan fingerprint density at radius 1 is 1.11 bits per heavy atom. The Labute approximate surface area is 119 Å². The van der Waals surface area contributed by atoms with Crippen LogP contribution in [0.5, 0.6) is 0 Å². The maximum Gasteiger partial charge on any atom is 0.0696 e. The van der Waals surface area contributed by atoms with Crippen molar-refractivity contribution in [2.45, 2.75) is 20.5 Å². The van der Waals surface area contributed by atoms with Gasteiger partial charge in [-0.15, -0.1) is 0 Å². The summed E-state index contributed by atoms with van der Waals surface area (Å²) in [5.74, 6) is 0. The van der Waals surface area contributed by atoms with Crippen LogP contribution in [0.3, 0.4) is 0 Å². The van der Waals surface area contributed by atoms with Crippen molar-refractivity contribution >= 4 is 23.0 Å². The van der Waals surface area contributed by atoms with E-state index >= 15 is 0 Å². The van der Waals surface area contributed by atoms with Gasteiger partial charge in [-0.25, -0.2) is 0 Å². The van der Waals surface area contributed by atoms with Crippen molar-refractivity contribution in [3.05, 3.63) is 58.1 Å². The summed E-state index contributed by atoms with van der Waals surface area (Å²) < 4.78 is 0. The van der Waals surface area contributed by atoms with Gasteiger partial charge in [-0.3, -0.25) is 0 Å². The van der Waals surface area contributed by atoms with E-state index in [-0.39, 0.29) is 6.61 Å². The predicted octanol–water partition coefficient (Wildman–Crippen LogP) is 4.22. The topological polar surface area (TPSA) is 23.5 Å². The molecule has 0 aromatic heterocycles. The zero-order chi connectivity index (χ0) is 14.0. The fourth-order valence-corrected chi connectivity index (χ4v) is 2.43. The summed E-state index contributed by atoms with van der Waals surface area (Å²) >= 11 is 6.14. The van der Waals surface area contributed by atoms with Crippen LogP contribution in [-0.4, -0.2) is 12.2 Å². The van der Waals surface area contributed by atoms with Crippen molar-refractivity contribution in [1.82, 2.24) is 0 Å². The van der Waals surface area contributed by atoms with Gasteiger partial charge in [0.05, 0.1) is 6.61 Å². The first-order valence-corrected chi connectivity index (χ1v) is 6.61. The Kier molecular flexibility index (Phi) is 4.13. The van der Waals surface area contributed by atoms with E-state index in [0.29, 0.717) is 5.02 Å². The second-order valence-electron chi connectivity index (χ2n) is 4.78. The average Bonchev–Trinajstić information content (AvgIpc) is 2.38. The molecule has 2 nitrogen and oxygen atoms in total. The summed E-state index contributed by atoms with van der Waals surface area (Å²) in [5.41, 5.74) is 5.39. The minimum atomic E-state index is -0.0353. The summed E-state index contributed by atoms with van der Waals surface area (Å²) in [6.07, 6.45) is 0. The SMILES string of the molecule is Cc1ccc(N(C)c2ccc(CO)c(Cl)c2)c(C)c1. The number of aliphatic hydroxyl groups excluding tert-OH is 1. The van der Waals surface area contributed by atoms with E-state index in [2.05, 4.69) is 36.9 Å². The van der Waals surface area contributed by atoms with Crippen LogP contribution in [0, 0.1) is 13.8 Å². The van der Waals surface area contributed by atoms with Gasteiger partial charge < -0.3 is 10.0 Å². The Bertz CT molecular complexity index is 595. The lowest BCUT2D eigenvalue weighted by Crippen LogP contribution is -2.11. The lowest BCUT2D eigenvalue weighted by atomic mass is 10.1. The first-order chi connectivity index (χ1) is 9.02. The molecule has 0 aliphatic heterocycles. The number of hydrogen-bond donors (Lipinski definition) is 1. The summed E-state index contributed by atoms with van der Waals surface area (Å²) in [7, 11) is 2.02. The van der Waals surface area contributed by atoms with Crippen LogP contribution >= 0.6 is 11.6 Å². The quantitative estimate of drug-likeness (QED) is 0.907. The first kappa shape index (κ1) is 13.9. The highest BCUT2D eigenvalue weighted by atomic mass is 35.5. The van der Waals surface area contributed by atoms with E-state index in [4.69, 9.17) is 16.7 Å². The zero-order valence-corrected chi connectivity index (χ0v) is 12.2. The van der Waals surface area contributed by atoms with E-state index in [1.165, 1.54) is 11.1 Å². The van der Waals surface area contributed by atoms with Gasteiger partial charge in [0.1, 0.15) is 0 Å². The van der Waals surface area contributed by atoms with Crippen LogP contribution in [0.1, 0.15) is 16.7 Å². The second-order valence-corrected chi connectivity index (χ2v) is 5.19. The zero-order valence-electron chi connectivity index (χ0n) is 11.4. The molecule has 0 aliphatic carbocycles. The Morgan fingerprint density at radius 3 is 2.42 bits per heavy atom. The standard InChI is InChI=1S/C16H18ClNO/c1-11-4-7-16(12(2)8-11)18(3)14-6-5-13(10-19)15(17)9-14/h4-9,19H,10H2,1-3H3. The summed E-state index contributed by atoms with van der Waals surface area (Å²) in [6.45, 7) is 4.15. The van der Waals surface area contributed by atoms with Crippen LogP contribution < -0.4 is 4.90 Å². The molecule has 0 saturated heterocycles. The maximum atomic E-state index is 9.14. The molecule has 0 saturated carbocycles. The summed E-state index contributed by atoms with van der Waals surface area (Å²) in [5, 5.41) is 9.74. The Hall–Kier alpha value is -1.51. The van der Waals surface area contributed by atoms with Crippen LogP contribution in [0.4, 0.5) is 11.4 Å². The van der Waals surface area contributed by atoms with Gasteiger partial charge in [-0.1, -0.05) is 35.4 Å². The van der Waals surface area contributed by atoms with E-state index < -0.39 is 0 Å². The molecule has 19 heavy (non-hydrogen) atoms. The Balaban J connectivity index is 2.38. The number of halogens is 1. The van der Waals surface area contributed by atoms with Crippen molar-refractivity contribution in [2.24, 2.45) is 0 Å². The molecule has 1 N–H and O–H groups in total. The van der Waals surface area contributed by atoms with Gasteiger partial charge in [0.15, 0.2) is 0 Å². The number of rotatable bonds is 3. The lowest BCUT2D eigenvalue weighted by Gasteiger charge is -2.22. The second kappa shape index (κ2) is 5.64. The highest BCUT2D eigenvalue weighted by Gasteiger charge is 2.09. The minimum Gasteiger partial charge on any atom is -0.392 e. The molecule has 100 valence electrons. The number of nitrogens with zero attached hydrogens (tertiary/aromatic N) is 1. The molecule has 0 bridgehead atoms. The van der Waals surface area contributed by atoms with E-state index in [1.54, 1.807) is 0 Å². The maximum absolute atomic E-state index is 9.14. The normalized spacial score (nSPS) is 10.6. The third-order valence-electron chi connectivity index (χ3n) is 3.31. The molecule has 0 atom stereocenters. The average molecular weight is 276 g/mol. The van der Waals surface area contributed by atoms with Crippen LogP contribution in [0.15, 0.2) is 36.4 Å². The molecule has 0 radical (unpaired) electrons. The van der Waals surface area contributed by atoms with Crippen molar-refractivity contribution in [1.29, 1.82) is 0 Å². The highest BCUT2D eigenvalue weighted by molar-refractivity contribution is 6.31. The van der Waals surface area contributed by atoms with Gasteiger partial charge >= 0.3 is 0 Å². The molecule has 3 heteroatoms. The van der Waals surface area contributed by atoms with Crippen LogP contribution in [0.2, 0.25) is 5.02 Å². The van der Waals surface area contributed by atoms with Gasteiger partial charge in [0.2, 0.25) is 0 Å². The van der Waals surface area contributed by atoms with Crippen molar-refractivity contribution in [3.63, 3.8) is 0 Å². The molecule has 2 rings (SSSR count). The van der Waals surface area contributed by atoms with Gasteiger partial charge in [-0.05, 0) is 43.2 Å². The highest BCUT2D eigenvalue weighted by Crippen LogP contribution is 2.30. The number of hydrogen-bond acceptors (Lipinski definition) is 2. The smallest absolute Gasteiger partial charge is 0.0696 e. The van der Waals surface area contributed by atoms with E-state index in [1.807, 2.05) is 25.2 Å². The van der Waals surface area contributed by atoms with Gasteiger partial charge in [-0.2, -0.15) is 0 Å². The largest absolute Gasteiger partial charge is 0.392 e. The molecule has 2 aromatic rings. The van der Waals surface area contributed by atoms with Crippen molar-refractivity contribution in [2.75, 3.05) is 11.9 Å². The van der Waals surface area contributed by atoms with Gasteiger partial charge in [0.25, 0.3) is 0 Å². The predicted molar refractivity (Wildman–Crippen MR) is 81.4 cm³/mol. The number of aryl methyl sites for hydroxylation is 2. The molecule has 0 heterocycles.